The van der Waals surface area contributed by atoms with Crippen LogP contribution in [0.15, 0.2) is 53.4 Å². The van der Waals surface area contributed by atoms with Crippen LogP contribution in [0.2, 0.25) is 0 Å². The Balaban J connectivity index is 1.45. The lowest BCUT2D eigenvalue weighted by molar-refractivity contribution is -0.139. The molecule has 2 N–H and O–H groups in total. The summed E-state index contributed by atoms with van der Waals surface area (Å²) >= 11 is 0. The first-order chi connectivity index (χ1) is 20.2. The fourth-order valence-electron chi connectivity index (χ4n) is 6.72. The Kier molecular flexibility index (Phi) is 6.79. The fraction of sp³-hybridized carbons (Fsp3) is 0.438. The van der Waals surface area contributed by atoms with Crippen molar-refractivity contribution in [3.63, 3.8) is 0 Å². The van der Waals surface area contributed by atoms with Gasteiger partial charge in [-0.2, -0.15) is 4.98 Å². The van der Waals surface area contributed by atoms with Gasteiger partial charge in [-0.25, -0.2) is 18.1 Å². The zero-order valence-corrected chi connectivity index (χ0v) is 26.1. The van der Waals surface area contributed by atoms with E-state index in [1.807, 2.05) is 32.0 Å². The first-order valence-electron chi connectivity index (χ1n) is 14.5. The highest BCUT2D eigenvalue weighted by atomic mass is 32.2. The van der Waals surface area contributed by atoms with Crippen LogP contribution < -0.4 is 14.8 Å². The van der Waals surface area contributed by atoms with E-state index in [9.17, 15) is 18.0 Å². The summed E-state index contributed by atoms with van der Waals surface area (Å²) in [6.07, 6.45) is -0.200. The van der Waals surface area contributed by atoms with E-state index < -0.39 is 22.0 Å². The van der Waals surface area contributed by atoms with E-state index in [-0.39, 0.29) is 58.4 Å². The SMILES string of the molecule is Cc1cccc(C)c1-c1cc2nc(n1)NS(=O)(=O)c1cccc(c1)NC(=O)[C@@H]1C[C@@H](CN(C(=O)C3C(C)(C)C3(C)C)C1)O2. The van der Waals surface area contributed by atoms with Crippen LogP contribution in [-0.4, -0.2) is 54.3 Å². The number of aromatic nitrogens is 2. The number of sulfonamides is 1. The zero-order chi connectivity index (χ0) is 30.9. The Morgan fingerprint density at radius 3 is 2.33 bits per heavy atom. The van der Waals surface area contributed by atoms with Gasteiger partial charge in [0.2, 0.25) is 23.6 Å². The molecular formula is C32H37N5O5S. The monoisotopic (exact) mass is 603 g/mol. The summed E-state index contributed by atoms with van der Waals surface area (Å²) in [6.45, 7) is 12.8. The minimum Gasteiger partial charge on any atom is -0.472 e. The van der Waals surface area contributed by atoms with Crippen LogP contribution in [0.25, 0.3) is 11.3 Å². The Bertz CT molecular complexity index is 1720. The molecule has 2 amide bonds. The Labute approximate surface area is 252 Å². The van der Waals surface area contributed by atoms with Crippen molar-refractivity contribution in [2.24, 2.45) is 22.7 Å². The molecule has 1 saturated heterocycles. The minimum atomic E-state index is -4.10. The molecule has 10 nitrogen and oxygen atoms in total. The van der Waals surface area contributed by atoms with Crippen molar-refractivity contribution in [3.05, 3.63) is 59.7 Å². The maximum absolute atomic E-state index is 13.8. The van der Waals surface area contributed by atoms with E-state index in [1.165, 1.54) is 12.1 Å². The lowest BCUT2D eigenvalue weighted by atomic mass is 9.93. The van der Waals surface area contributed by atoms with E-state index in [0.29, 0.717) is 17.8 Å². The number of anilines is 2. The van der Waals surface area contributed by atoms with Crippen molar-refractivity contribution < 1.29 is 22.7 Å². The molecule has 6 bridgehead atoms. The predicted molar refractivity (Wildman–Crippen MR) is 163 cm³/mol. The predicted octanol–water partition coefficient (Wildman–Crippen LogP) is 4.79. The Morgan fingerprint density at radius 1 is 0.977 bits per heavy atom. The van der Waals surface area contributed by atoms with Crippen LogP contribution in [0.4, 0.5) is 11.6 Å². The highest BCUT2D eigenvalue weighted by Gasteiger charge is 2.69. The summed E-state index contributed by atoms with van der Waals surface area (Å²) in [5.74, 6) is -1.02. The van der Waals surface area contributed by atoms with Gasteiger partial charge in [-0.1, -0.05) is 52.0 Å². The quantitative estimate of drug-likeness (QED) is 0.431. The molecule has 6 rings (SSSR count). The number of rotatable bonds is 2. The lowest BCUT2D eigenvalue weighted by Crippen LogP contribution is -2.52. The molecule has 1 saturated carbocycles. The first-order valence-corrected chi connectivity index (χ1v) is 16.0. The molecule has 2 aliphatic heterocycles. The van der Waals surface area contributed by atoms with E-state index in [1.54, 1.807) is 23.1 Å². The van der Waals surface area contributed by atoms with Crippen LogP contribution >= 0.6 is 0 Å². The van der Waals surface area contributed by atoms with Gasteiger partial charge in [0.05, 0.1) is 23.1 Å². The van der Waals surface area contributed by atoms with Crippen LogP contribution in [0, 0.1) is 36.5 Å². The number of likely N-dealkylation sites (tertiary alicyclic amines) is 1. The van der Waals surface area contributed by atoms with E-state index in [0.717, 1.165) is 16.7 Å². The van der Waals surface area contributed by atoms with Gasteiger partial charge >= 0.3 is 0 Å². The second kappa shape index (κ2) is 10.0. The fourth-order valence-corrected chi connectivity index (χ4v) is 7.71. The Morgan fingerprint density at radius 2 is 1.65 bits per heavy atom. The molecule has 2 aromatic carbocycles. The van der Waals surface area contributed by atoms with Gasteiger partial charge in [-0.3, -0.25) is 9.59 Å². The van der Waals surface area contributed by atoms with Gasteiger partial charge in [0.15, 0.2) is 0 Å². The number of hydrogen-bond acceptors (Lipinski definition) is 7. The van der Waals surface area contributed by atoms with Crippen molar-refractivity contribution >= 4 is 33.5 Å². The number of fused-ring (bicyclic) bond motifs is 6. The number of nitrogens with zero attached hydrogens (tertiary/aromatic N) is 3. The van der Waals surface area contributed by atoms with Crippen molar-refractivity contribution in [1.29, 1.82) is 0 Å². The molecule has 1 aliphatic carbocycles. The second-order valence-electron chi connectivity index (χ2n) is 13.1. The van der Waals surface area contributed by atoms with Gasteiger partial charge in [0.1, 0.15) is 6.10 Å². The number of carbonyl (C=O) groups is 2. The molecular weight excluding hydrogens is 566 g/mol. The molecule has 2 fully saturated rings. The molecule has 11 heteroatoms. The van der Waals surface area contributed by atoms with Crippen LogP contribution in [0.1, 0.15) is 45.2 Å². The van der Waals surface area contributed by atoms with Crippen molar-refractivity contribution in [2.45, 2.75) is 59.0 Å². The zero-order valence-electron chi connectivity index (χ0n) is 25.3. The number of nitrogens with one attached hydrogen (secondary N) is 2. The topological polar surface area (TPSA) is 131 Å². The van der Waals surface area contributed by atoms with Gasteiger partial charge in [0.25, 0.3) is 10.0 Å². The molecule has 3 aliphatic rings. The van der Waals surface area contributed by atoms with E-state index >= 15 is 0 Å². The summed E-state index contributed by atoms with van der Waals surface area (Å²) in [4.78, 5) is 38.1. The summed E-state index contributed by atoms with van der Waals surface area (Å²) in [7, 11) is -4.10. The molecule has 43 heavy (non-hydrogen) atoms. The van der Waals surface area contributed by atoms with Crippen molar-refractivity contribution in [2.75, 3.05) is 23.1 Å². The smallest absolute Gasteiger partial charge is 0.264 e. The molecule has 0 radical (unpaired) electrons. The third kappa shape index (κ3) is 5.13. The highest BCUT2D eigenvalue weighted by molar-refractivity contribution is 7.92. The number of ether oxygens (including phenoxy) is 1. The Hall–Kier alpha value is -3.99. The van der Waals surface area contributed by atoms with E-state index in [2.05, 4.69) is 47.7 Å². The number of carbonyl (C=O) groups excluding carboxylic acids is 2. The summed E-state index contributed by atoms with van der Waals surface area (Å²) in [6, 6.07) is 13.6. The van der Waals surface area contributed by atoms with Crippen LogP contribution in [0.3, 0.4) is 0 Å². The third-order valence-corrected chi connectivity index (χ3v) is 11.1. The van der Waals surface area contributed by atoms with Crippen LogP contribution in [-0.2, 0) is 19.6 Å². The average molecular weight is 604 g/mol. The highest BCUT2D eigenvalue weighted by Crippen LogP contribution is 2.68. The average Bonchev–Trinajstić information content (AvgIpc) is 3.34. The second-order valence-corrected chi connectivity index (χ2v) is 14.8. The molecule has 0 spiro atoms. The summed E-state index contributed by atoms with van der Waals surface area (Å²) in [5.41, 5.74) is 3.27. The molecule has 3 aromatic rings. The van der Waals surface area contributed by atoms with Gasteiger partial charge in [-0.05, 0) is 60.4 Å². The molecule has 3 heterocycles. The van der Waals surface area contributed by atoms with Gasteiger partial charge in [0, 0.05) is 29.8 Å². The van der Waals surface area contributed by atoms with Crippen molar-refractivity contribution in [1.82, 2.24) is 14.9 Å². The molecule has 0 unspecified atom stereocenters. The normalized spacial score (nSPS) is 23.7. The molecule has 226 valence electrons. The molecule has 1 aromatic heterocycles. The maximum atomic E-state index is 13.8. The summed E-state index contributed by atoms with van der Waals surface area (Å²) < 4.78 is 35.7. The number of benzene rings is 2. The number of amides is 2. The number of piperidine rings is 1. The molecule has 2 atom stereocenters. The third-order valence-electron chi connectivity index (χ3n) is 9.73. The largest absolute Gasteiger partial charge is 0.472 e. The van der Waals surface area contributed by atoms with Crippen molar-refractivity contribution in [3.8, 4) is 17.1 Å². The van der Waals surface area contributed by atoms with Crippen LogP contribution in [0.5, 0.6) is 5.88 Å². The van der Waals surface area contributed by atoms with E-state index in [4.69, 9.17) is 4.74 Å². The standard InChI is InChI=1S/C32H37N5O5S/c1-18-9-7-10-19(2)26(18)24-15-25-35-30(34-24)36-43(40,41)23-12-8-11-21(14-23)33-28(38)20-13-22(42-25)17-37(16-20)29(39)27-31(3,4)32(27,5)6/h7-12,14-15,20,22,27H,13,16-17H2,1-6H3,(H,33,38)(H,34,35,36)/t20-,22+/m1/s1. The maximum Gasteiger partial charge on any atom is 0.264 e. The lowest BCUT2D eigenvalue weighted by Gasteiger charge is -2.37. The summed E-state index contributed by atoms with van der Waals surface area (Å²) in [5, 5.41) is 2.86. The van der Waals surface area contributed by atoms with Gasteiger partial charge in [-0.15, -0.1) is 0 Å². The minimum absolute atomic E-state index is 0.0107. The number of aryl methyl sites for hydroxylation is 2. The van der Waals surface area contributed by atoms with Gasteiger partial charge < -0.3 is 15.0 Å². The number of hydrogen-bond donors (Lipinski definition) is 2. The first kappa shape index (κ1) is 29.1.